The summed E-state index contributed by atoms with van der Waals surface area (Å²) in [5, 5.41) is 14.4. The van der Waals surface area contributed by atoms with E-state index in [2.05, 4.69) is 10.6 Å². The van der Waals surface area contributed by atoms with Crippen LogP contribution in [0.25, 0.3) is 0 Å². The van der Waals surface area contributed by atoms with Crippen LogP contribution < -0.4 is 10.6 Å². The smallest absolute Gasteiger partial charge is 0.305 e. The van der Waals surface area contributed by atoms with E-state index >= 15 is 0 Å². The van der Waals surface area contributed by atoms with Crippen molar-refractivity contribution in [1.82, 2.24) is 10.6 Å². The minimum absolute atomic E-state index is 0.0426. The van der Waals surface area contributed by atoms with Crippen LogP contribution in [-0.2, 0) is 20.8 Å². The van der Waals surface area contributed by atoms with Gasteiger partial charge in [0.25, 0.3) is 0 Å². The van der Waals surface area contributed by atoms with Crippen LogP contribution in [0, 0.1) is 0 Å². The summed E-state index contributed by atoms with van der Waals surface area (Å²) in [5.41, 5.74) is 0.334. The third kappa shape index (κ3) is 5.39. The van der Waals surface area contributed by atoms with Gasteiger partial charge >= 0.3 is 5.97 Å². The van der Waals surface area contributed by atoms with E-state index in [0.717, 1.165) is 12.0 Å². The van der Waals surface area contributed by atoms with Crippen LogP contribution in [0.5, 0.6) is 0 Å². The number of hydrogen-bond acceptors (Lipinski definition) is 3. The number of hydrogen-bond donors (Lipinski definition) is 3. The van der Waals surface area contributed by atoms with Gasteiger partial charge in [0.2, 0.25) is 11.8 Å². The Bertz CT molecular complexity index is 567. The van der Waals surface area contributed by atoms with Crippen LogP contribution in [0.4, 0.5) is 0 Å². The predicted octanol–water partition coefficient (Wildman–Crippen LogP) is 1.25. The average Bonchev–Trinajstić information content (AvgIpc) is 2.45. The number of nitrogens with one attached hydrogen (secondary N) is 2. The van der Waals surface area contributed by atoms with Crippen LogP contribution in [0.1, 0.15) is 37.7 Å². The quantitative estimate of drug-likeness (QED) is 0.672. The Kier molecular flexibility index (Phi) is 5.73. The van der Waals surface area contributed by atoms with E-state index in [0.29, 0.717) is 12.8 Å². The van der Waals surface area contributed by atoms with Crippen molar-refractivity contribution >= 4 is 17.8 Å². The first-order valence-corrected chi connectivity index (χ1v) is 7.83. The summed E-state index contributed by atoms with van der Waals surface area (Å²) in [7, 11) is 0. The van der Waals surface area contributed by atoms with Gasteiger partial charge in [0.05, 0.1) is 18.4 Å². The van der Waals surface area contributed by atoms with Crippen molar-refractivity contribution in [3.8, 4) is 0 Å². The zero-order chi connectivity index (χ0) is 16.7. The van der Waals surface area contributed by atoms with Crippen molar-refractivity contribution in [2.45, 2.75) is 44.1 Å². The molecule has 1 aliphatic rings. The number of rotatable bonds is 8. The molecule has 6 nitrogen and oxygen atoms in total. The molecule has 1 aromatic carbocycles. The highest BCUT2D eigenvalue weighted by atomic mass is 16.4. The van der Waals surface area contributed by atoms with Crippen LogP contribution in [0.15, 0.2) is 30.3 Å². The molecular weight excluding hydrogens is 296 g/mol. The Balaban J connectivity index is 1.68. The molecule has 1 aliphatic carbocycles. The molecule has 0 bridgehead atoms. The van der Waals surface area contributed by atoms with E-state index in [1.807, 2.05) is 30.3 Å². The van der Waals surface area contributed by atoms with Crippen molar-refractivity contribution in [1.29, 1.82) is 0 Å². The van der Waals surface area contributed by atoms with Crippen molar-refractivity contribution < 1.29 is 19.5 Å². The molecule has 2 amide bonds. The minimum Gasteiger partial charge on any atom is -0.481 e. The fraction of sp³-hybridized carbons (Fsp3) is 0.471. The lowest BCUT2D eigenvalue weighted by atomic mass is 9.74. The molecule has 3 N–H and O–H groups in total. The Morgan fingerprint density at radius 2 is 1.78 bits per heavy atom. The van der Waals surface area contributed by atoms with Crippen molar-refractivity contribution in [3.63, 3.8) is 0 Å². The highest BCUT2D eigenvalue weighted by molar-refractivity contribution is 5.81. The Morgan fingerprint density at radius 1 is 1.09 bits per heavy atom. The second kappa shape index (κ2) is 7.76. The molecule has 0 spiro atoms. The van der Waals surface area contributed by atoms with Crippen molar-refractivity contribution in [3.05, 3.63) is 35.9 Å². The molecular formula is C17H22N2O4. The van der Waals surface area contributed by atoms with Gasteiger partial charge in [0.15, 0.2) is 0 Å². The molecule has 0 heterocycles. The summed E-state index contributed by atoms with van der Waals surface area (Å²) in [6.45, 7) is 0.251. The van der Waals surface area contributed by atoms with Gasteiger partial charge in [0.1, 0.15) is 0 Å². The van der Waals surface area contributed by atoms with Crippen LogP contribution >= 0.6 is 0 Å². The van der Waals surface area contributed by atoms with Gasteiger partial charge in [-0.1, -0.05) is 30.3 Å². The second-order valence-electron chi connectivity index (χ2n) is 6.01. The SMILES string of the molecule is O=C(O)CC1(NC(=O)CCNC(=O)Cc2ccccc2)CCC1. The van der Waals surface area contributed by atoms with E-state index < -0.39 is 11.5 Å². The number of carboxylic acids is 1. The number of aliphatic carboxylic acids is 1. The number of carboxylic acid groups (broad SMARTS) is 1. The van der Waals surface area contributed by atoms with E-state index in [9.17, 15) is 14.4 Å². The van der Waals surface area contributed by atoms with E-state index in [1.165, 1.54) is 0 Å². The van der Waals surface area contributed by atoms with Gasteiger partial charge in [-0.15, -0.1) is 0 Å². The van der Waals surface area contributed by atoms with Gasteiger partial charge in [0, 0.05) is 13.0 Å². The number of amides is 2. The minimum atomic E-state index is -0.902. The largest absolute Gasteiger partial charge is 0.481 e. The summed E-state index contributed by atoms with van der Waals surface area (Å²) in [5.74, 6) is -1.25. The maximum absolute atomic E-state index is 11.9. The molecule has 23 heavy (non-hydrogen) atoms. The van der Waals surface area contributed by atoms with Gasteiger partial charge in [-0.25, -0.2) is 0 Å². The van der Waals surface area contributed by atoms with Gasteiger partial charge in [-0.3, -0.25) is 14.4 Å². The normalized spacial score (nSPS) is 15.3. The summed E-state index contributed by atoms with van der Waals surface area (Å²) in [6.07, 6.45) is 2.73. The molecule has 0 atom stereocenters. The Labute approximate surface area is 135 Å². The number of benzene rings is 1. The van der Waals surface area contributed by atoms with E-state index in [1.54, 1.807) is 0 Å². The molecule has 6 heteroatoms. The standard InChI is InChI=1S/C17H22N2O4/c20-14(19-17(8-4-9-17)12-16(22)23)7-10-18-15(21)11-13-5-2-1-3-6-13/h1-3,5-6H,4,7-12H2,(H,18,21)(H,19,20)(H,22,23). The third-order valence-electron chi connectivity index (χ3n) is 4.09. The van der Waals surface area contributed by atoms with Crippen molar-refractivity contribution in [2.75, 3.05) is 6.54 Å². The first-order valence-electron chi connectivity index (χ1n) is 7.83. The second-order valence-corrected chi connectivity index (χ2v) is 6.01. The molecule has 0 aromatic heterocycles. The maximum atomic E-state index is 11.9. The Morgan fingerprint density at radius 3 is 2.35 bits per heavy atom. The fourth-order valence-electron chi connectivity index (χ4n) is 2.76. The van der Waals surface area contributed by atoms with E-state index in [-0.39, 0.29) is 37.6 Å². The Hall–Kier alpha value is -2.37. The molecule has 0 radical (unpaired) electrons. The average molecular weight is 318 g/mol. The van der Waals surface area contributed by atoms with Gasteiger partial charge in [-0.05, 0) is 24.8 Å². The third-order valence-corrected chi connectivity index (χ3v) is 4.09. The molecule has 0 unspecified atom stereocenters. The number of carbonyl (C=O) groups is 3. The topological polar surface area (TPSA) is 95.5 Å². The lowest BCUT2D eigenvalue weighted by Gasteiger charge is -2.41. The van der Waals surface area contributed by atoms with Gasteiger partial charge < -0.3 is 15.7 Å². The molecule has 1 fully saturated rings. The predicted molar refractivity (Wildman–Crippen MR) is 84.8 cm³/mol. The summed E-state index contributed by atoms with van der Waals surface area (Å²) >= 11 is 0. The summed E-state index contributed by atoms with van der Waals surface area (Å²) in [6, 6.07) is 9.38. The van der Waals surface area contributed by atoms with Gasteiger partial charge in [-0.2, -0.15) is 0 Å². The first kappa shape index (κ1) is 17.0. The monoisotopic (exact) mass is 318 g/mol. The van der Waals surface area contributed by atoms with Crippen LogP contribution in [0.3, 0.4) is 0 Å². The highest BCUT2D eigenvalue weighted by Gasteiger charge is 2.40. The molecule has 2 rings (SSSR count). The maximum Gasteiger partial charge on any atom is 0.305 e. The lowest BCUT2D eigenvalue weighted by Crippen LogP contribution is -2.55. The molecule has 1 saturated carbocycles. The summed E-state index contributed by atoms with van der Waals surface area (Å²) in [4.78, 5) is 34.5. The van der Waals surface area contributed by atoms with E-state index in [4.69, 9.17) is 5.11 Å². The summed E-state index contributed by atoms with van der Waals surface area (Å²) < 4.78 is 0. The molecule has 1 aromatic rings. The van der Waals surface area contributed by atoms with Crippen molar-refractivity contribution in [2.24, 2.45) is 0 Å². The molecule has 124 valence electrons. The van der Waals surface area contributed by atoms with Crippen LogP contribution in [-0.4, -0.2) is 35.0 Å². The van der Waals surface area contributed by atoms with Crippen LogP contribution in [0.2, 0.25) is 0 Å². The fourth-order valence-corrected chi connectivity index (χ4v) is 2.76. The molecule has 0 aliphatic heterocycles. The zero-order valence-corrected chi connectivity index (χ0v) is 13.0. The zero-order valence-electron chi connectivity index (χ0n) is 13.0. The number of carbonyl (C=O) groups excluding carboxylic acids is 2. The first-order chi connectivity index (χ1) is 11.0. The molecule has 0 saturated heterocycles. The lowest BCUT2D eigenvalue weighted by molar-refractivity contribution is -0.140. The highest BCUT2D eigenvalue weighted by Crippen LogP contribution is 2.34.